The quantitative estimate of drug-likeness (QED) is 0.253. The van der Waals surface area contributed by atoms with E-state index in [1.54, 1.807) is 0 Å². The lowest BCUT2D eigenvalue weighted by molar-refractivity contribution is 0.596. The molecule has 0 aliphatic heterocycles. The number of fused-ring (bicyclic) bond motifs is 6. The molecule has 0 spiro atoms. The average Bonchev–Trinajstić information content (AvgIpc) is 3.34. The third kappa shape index (κ3) is 3.56. The molecule has 0 radical (unpaired) electrons. The second-order valence-corrected chi connectivity index (χ2v) is 12.3. The highest BCUT2D eigenvalue weighted by atomic mass is 32.1. The van der Waals surface area contributed by atoms with E-state index in [0.29, 0.717) is 5.92 Å². The molecule has 0 saturated heterocycles. The highest BCUT2D eigenvalue weighted by molar-refractivity contribution is 7.19. The van der Waals surface area contributed by atoms with Gasteiger partial charge in [0.1, 0.15) is 11.2 Å². The standard InChI is InChI=1S/C32H31NOS/c1-18(2)15-27-19(3)28-26(35-27)12-11-24-29(28)30-25(34-24)13-14-33-31(30)21-16-20-9-7-8-10-22(20)23(17-21)32(4,5)6/h7-14,16-18H,15H2,1-6H3. The van der Waals surface area contributed by atoms with Crippen molar-refractivity contribution in [3.63, 3.8) is 0 Å². The van der Waals surface area contributed by atoms with Gasteiger partial charge in [0.05, 0.1) is 11.1 Å². The summed E-state index contributed by atoms with van der Waals surface area (Å²) in [5, 5.41) is 6.21. The van der Waals surface area contributed by atoms with Crippen LogP contribution in [-0.2, 0) is 11.8 Å². The molecule has 0 saturated carbocycles. The van der Waals surface area contributed by atoms with Crippen molar-refractivity contribution >= 4 is 54.1 Å². The van der Waals surface area contributed by atoms with Gasteiger partial charge in [0.15, 0.2) is 0 Å². The van der Waals surface area contributed by atoms with Crippen molar-refractivity contribution in [3.8, 4) is 11.3 Å². The second-order valence-electron chi connectivity index (χ2n) is 11.2. The topological polar surface area (TPSA) is 26.0 Å². The first kappa shape index (κ1) is 22.3. The monoisotopic (exact) mass is 477 g/mol. The van der Waals surface area contributed by atoms with E-state index in [0.717, 1.165) is 34.2 Å². The van der Waals surface area contributed by atoms with E-state index in [2.05, 4.69) is 90.1 Å². The van der Waals surface area contributed by atoms with Gasteiger partial charge in [0.25, 0.3) is 0 Å². The number of hydrogen-bond acceptors (Lipinski definition) is 3. The lowest BCUT2D eigenvalue weighted by Gasteiger charge is -2.22. The summed E-state index contributed by atoms with van der Waals surface area (Å²) in [6.07, 6.45) is 2.99. The fourth-order valence-electron chi connectivity index (χ4n) is 5.45. The van der Waals surface area contributed by atoms with Crippen molar-refractivity contribution in [2.75, 3.05) is 0 Å². The Balaban J connectivity index is 1.72. The molecule has 2 nitrogen and oxygen atoms in total. The van der Waals surface area contributed by atoms with Crippen LogP contribution in [0.15, 0.2) is 65.2 Å². The van der Waals surface area contributed by atoms with Gasteiger partial charge in [-0.25, -0.2) is 0 Å². The highest BCUT2D eigenvalue weighted by Crippen LogP contribution is 2.44. The van der Waals surface area contributed by atoms with Gasteiger partial charge in [-0.1, -0.05) is 58.9 Å². The molecule has 0 amide bonds. The molecule has 6 aromatic rings. The van der Waals surface area contributed by atoms with Crippen LogP contribution in [0.1, 0.15) is 50.6 Å². The summed E-state index contributed by atoms with van der Waals surface area (Å²) in [6.45, 7) is 13.7. The molecule has 3 aromatic carbocycles. The van der Waals surface area contributed by atoms with Crippen molar-refractivity contribution in [3.05, 3.63) is 76.8 Å². The first-order valence-corrected chi connectivity index (χ1v) is 13.3. The predicted molar refractivity (Wildman–Crippen MR) is 152 cm³/mol. The van der Waals surface area contributed by atoms with Crippen LogP contribution in [0.2, 0.25) is 0 Å². The fraction of sp³-hybridized carbons (Fsp3) is 0.281. The zero-order valence-electron chi connectivity index (χ0n) is 21.3. The van der Waals surface area contributed by atoms with Crippen LogP contribution in [0.5, 0.6) is 0 Å². The summed E-state index contributed by atoms with van der Waals surface area (Å²) >= 11 is 1.93. The molecule has 0 aliphatic carbocycles. The van der Waals surface area contributed by atoms with Gasteiger partial charge in [-0.15, -0.1) is 11.3 Å². The predicted octanol–water partition coefficient (Wildman–Crippen LogP) is 9.82. The summed E-state index contributed by atoms with van der Waals surface area (Å²) < 4.78 is 7.75. The van der Waals surface area contributed by atoms with Gasteiger partial charge in [-0.2, -0.15) is 0 Å². The maximum Gasteiger partial charge on any atom is 0.139 e. The second kappa shape index (κ2) is 7.93. The Hall–Kier alpha value is -3.17. The first-order valence-electron chi connectivity index (χ1n) is 12.5. The van der Waals surface area contributed by atoms with E-state index in [1.165, 1.54) is 42.2 Å². The molecule has 0 N–H and O–H groups in total. The minimum Gasteiger partial charge on any atom is -0.456 e. The zero-order valence-corrected chi connectivity index (χ0v) is 22.1. The summed E-state index contributed by atoms with van der Waals surface area (Å²) in [6, 6.07) is 19.7. The summed E-state index contributed by atoms with van der Waals surface area (Å²) in [7, 11) is 0. The Morgan fingerprint density at radius 2 is 1.69 bits per heavy atom. The smallest absolute Gasteiger partial charge is 0.139 e. The molecule has 3 aromatic heterocycles. The number of benzene rings is 3. The van der Waals surface area contributed by atoms with Crippen molar-refractivity contribution in [2.45, 2.75) is 53.4 Å². The number of nitrogens with zero attached hydrogens (tertiary/aromatic N) is 1. The largest absolute Gasteiger partial charge is 0.456 e. The normalized spacial score (nSPS) is 12.7. The van der Waals surface area contributed by atoms with Crippen LogP contribution in [0.4, 0.5) is 0 Å². The van der Waals surface area contributed by atoms with Gasteiger partial charge in [0, 0.05) is 32.1 Å². The van der Waals surface area contributed by atoms with Crippen LogP contribution in [0.3, 0.4) is 0 Å². The minimum atomic E-state index is 0.0188. The van der Waals surface area contributed by atoms with E-state index >= 15 is 0 Å². The Morgan fingerprint density at radius 3 is 2.46 bits per heavy atom. The average molecular weight is 478 g/mol. The van der Waals surface area contributed by atoms with Gasteiger partial charge in [-0.05, 0) is 76.9 Å². The highest BCUT2D eigenvalue weighted by Gasteiger charge is 2.23. The Labute approximate surface area is 210 Å². The molecule has 3 heteroatoms. The lowest BCUT2D eigenvalue weighted by Crippen LogP contribution is -2.12. The molecule has 3 heterocycles. The molecule has 0 fully saturated rings. The zero-order chi connectivity index (χ0) is 24.5. The number of hydrogen-bond donors (Lipinski definition) is 0. The number of pyridine rings is 1. The molecule has 35 heavy (non-hydrogen) atoms. The molecule has 176 valence electrons. The Bertz CT molecular complexity index is 1740. The van der Waals surface area contributed by atoms with Crippen molar-refractivity contribution in [1.82, 2.24) is 4.98 Å². The van der Waals surface area contributed by atoms with E-state index in [9.17, 15) is 0 Å². The molecular weight excluding hydrogens is 446 g/mol. The number of aromatic nitrogens is 1. The summed E-state index contributed by atoms with van der Waals surface area (Å²) in [4.78, 5) is 6.44. The Morgan fingerprint density at radius 1 is 0.914 bits per heavy atom. The maximum absolute atomic E-state index is 6.42. The molecule has 6 rings (SSSR count). The van der Waals surface area contributed by atoms with Crippen LogP contribution in [0, 0.1) is 12.8 Å². The van der Waals surface area contributed by atoms with E-state index in [-0.39, 0.29) is 5.41 Å². The van der Waals surface area contributed by atoms with Crippen LogP contribution in [0.25, 0.3) is 54.1 Å². The van der Waals surface area contributed by atoms with E-state index in [4.69, 9.17) is 9.40 Å². The van der Waals surface area contributed by atoms with Crippen LogP contribution >= 0.6 is 11.3 Å². The van der Waals surface area contributed by atoms with Crippen molar-refractivity contribution < 1.29 is 4.42 Å². The minimum absolute atomic E-state index is 0.0188. The van der Waals surface area contributed by atoms with Crippen molar-refractivity contribution in [2.24, 2.45) is 5.92 Å². The summed E-state index contributed by atoms with van der Waals surface area (Å²) in [5.41, 5.74) is 6.74. The Kier molecular flexibility index (Phi) is 5.05. The van der Waals surface area contributed by atoms with Gasteiger partial charge >= 0.3 is 0 Å². The molecule has 0 aliphatic rings. The number of furan rings is 1. The van der Waals surface area contributed by atoms with Gasteiger partial charge < -0.3 is 4.42 Å². The number of thiophene rings is 1. The summed E-state index contributed by atoms with van der Waals surface area (Å²) in [5.74, 6) is 0.629. The SMILES string of the molecule is Cc1c(CC(C)C)sc2ccc3oc4ccnc(-c5cc(C(C)(C)C)c6ccccc6c5)c4c3c12. The third-order valence-corrected chi connectivity index (χ3v) is 8.35. The third-order valence-electron chi connectivity index (χ3n) is 7.07. The number of aryl methyl sites for hydroxylation is 1. The van der Waals surface area contributed by atoms with Crippen LogP contribution in [-0.4, -0.2) is 4.98 Å². The molecule has 0 bridgehead atoms. The number of rotatable bonds is 3. The fourth-order valence-corrected chi connectivity index (χ4v) is 6.88. The van der Waals surface area contributed by atoms with Crippen molar-refractivity contribution in [1.29, 1.82) is 0 Å². The van der Waals surface area contributed by atoms with E-state index in [1.807, 2.05) is 23.6 Å². The van der Waals surface area contributed by atoms with Crippen LogP contribution < -0.4 is 0 Å². The molecular formula is C32H31NOS. The molecule has 0 atom stereocenters. The molecule has 0 unspecified atom stereocenters. The lowest BCUT2D eigenvalue weighted by atomic mass is 9.82. The van der Waals surface area contributed by atoms with E-state index < -0.39 is 0 Å². The van der Waals surface area contributed by atoms with Gasteiger partial charge in [0.2, 0.25) is 0 Å². The maximum atomic E-state index is 6.42. The first-order chi connectivity index (χ1) is 16.7. The van der Waals surface area contributed by atoms with Gasteiger partial charge in [-0.3, -0.25) is 4.98 Å².